The highest BCUT2D eigenvalue weighted by Gasteiger charge is 2.30. The van der Waals surface area contributed by atoms with E-state index in [0.717, 1.165) is 17.7 Å². The van der Waals surface area contributed by atoms with E-state index in [1.54, 1.807) is 7.11 Å². The van der Waals surface area contributed by atoms with Gasteiger partial charge in [0.25, 0.3) is 0 Å². The molecular weight excluding hydrogens is 258 g/mol. The van der Waals surface area contributed by atoms with Crippen molar-refractivity contribution in [3.8, 4) is 5.75 Å². The lowest BCUT2D eigenvalue weighted by Crippen LogP contribution is -2.45. The molecule has 0 radical (unpaired) electrons. The Morgan fingerprint density at radius 3 is 2.38 bits per heavy atom. The summed E-state index contributed by atoms with van der Waals surface area (Å²) in [7, 11) is 1.74. The Labute approximate surface area is 129 Å². The largest absolute Gasteiger partial charge is 0.497 e. The predicted octanol–water partition coefficient (Wildman–Crippen LogP) is 4.28. The van der Waals surface area contributed by atoms with E-state index in [0.29, 0.717) is 0 Å². The fourth-order valence-electron chi connectivity index (χ4n) is 4.22. The zero-order valence-corrected chi connectivity index (χ0v) is 13.4. The molecule has 1 saturated heterocycles. The molecule has 1 heterocycles. The summed E-state index contributed by atoms with van der Waals surface area (Å²) in [5.74, 6) is 1.82. The standard InChI is InChI=1S/C19H29NO/c1-21-18-11-9-16(10-12-18)15-17-7-3-4-8-19(17)20-13-5-2-6-14-20/h9-12,17,19H,2-8,13-15H2,1H3/t17-,19+/m0/s1. The highest BCUT2D eigenvalue weighted by Crippen LogP contribution is 2.32. The average Bonchev–Trinajstić information content (AvgIpc) is 2.57. The third-order valence-electron chi connectivity index (χ3n) is 5.39. The first-order chi connectivity index (χ1) is 10.4. The second-order valence-electron chi connectivity index (χ2n) is 6.76. The Hall–Kier alpha value is -1.02. The van der Waals surface area contributed by atoms with Crippen LogP contribution in [-0.2, 0) is 6.42 Å². The van der Waals surface area contributed by atoms with Gasteiger partial charge in [-0.1, -0.05) is 31.4 Å². The minimum Gasteiger partial charge on any atom is -0.497 e. The first-order valence-electron chi connectivity index (χ1n) is 8.74. The smallest absolute Gasteiger partial charge is 0.118 e. The molecule has 1 aliphatic carbocycles. The van der Waals surface area contributed by atoms with Crippen LogP contribution in [0.1, 0.15) is 50.5 Å². The van der Waals surface area contributed by atoms with Gasteiger partial charge >= 0.3 is 0 Å². The van der Waals surface area contributed by atoms with Crippen molar-refractivity contribution in [1.82, 2.24) is 4.90 Å². The third kappa shape index (κ3) is 3.79. The monoisotopic (exact) mass is 287 g/mol. The summed E-state index contributed by atoms with van der Waals surface area (Å²) in [6.07, 6.45) is 11.2. The van der Waals surface area contributed by atoms with E-state index in [9.17, 15) is 0 Å². The molecule has 2 aliphatic rings. The Kier molecular flexibility index (Phi) is 5.18. The molecule has 2 heteroatoms. The number of piperidine rings is 1. The van der Waals surface area contributed by atoms with Gasteiger partial charge in [0.15, 0.2) is 0 Å². The molecule has 2 atom stereocenters. The van der Waals surface area contributed by atoms with E-state index in [4.69, 9.17) is 4.74 Å². The lowest BCUT2D eigenvalue weighted by molar-refractivity contribution is 0.0846. The number of likely N-dealkylation sites (tertiary alicyclic amines) is 1. The molecule has 1 aliphatic heterocycles. The molecule has 1 saturated carbocycles. The van der Waals surface area contributed by atoms with Gasteiger partial charge in [-0.2, -0.15) is 0 Å². The van der Waals surface area contributed by atoms with Crippen molar-refractivity contribution in [3.05, 3.63) is 29.8 Å². The summed E-state index contributed by atoms with van der Waals surface area (Å²) in [5, 5.41) is 0. The van der Waals surface area contributed by atoms with Crippen molar-refractivity contribution in [2.24, 2.45) is 5.92 Å². The fourth-order valence-corrected chi connectivity index (χ4v) is 4.22. The maximum absolute atomic E-state index is 5.27. The van der Waals surface area contributed by atoms with Crippen LogP contribution >= 0.6 is 0 Å². The number of hydrogen-bond donors (Lipinski definition) is 0. The molecule has 0 N–H and O–H groups in total. The van der Waals surface area contributed by atoms with Crippen molar-refractivity contribution < 1.29 is 4.74 Å². The van der Waals surface area contributed by atoms with E-state index in [-0.39, 0.29) is 0 Å². The number of benzene rings is 1. The predicted molar refractivity (Wildman–Crippen MR) is 87.9 cm³/mol. The van der Waals surface area contributed by atoms with Crippen LogP contribution < -0.4 is 4.74 Å². The molecule has 0 unspecified atom stereocenters. The average molecular weight is 287 g/mol. The van der Waals surface area contributed by atoms with E-state index < -0.39 is 0 Å². The van der Waals surface area contributed by atoms with Crippen molar-refractivity contribution in [1.29, 1.82) is 0 Å². The summed E-state index contributed by atoms with van der Waals surface area (Å²) >= 11 is 0. The zero-order valence-electron chi connectivity index (χ0n) is 13.4. The molecule has 21 heavy (non-hydrogen) atoms. The minimum absolute atomic E-state index is 0.834. The van der Waals surface area contributed by atoms with E-state index in [1.807, 2.05) is 0 Å². The molecule has 2 fully saturated rings. The number of rotatable bonds is 4. The quantitative estimate of drug-likeness (QED) is 0.819. The first kappa shape index (κ1) is 14.9. The normalized spacial score (nSPS) is 27.5. The summed E-state index contributed by atoms with van der Waals surface area (Å²) < 4.78 is 5.27. The summed E-state index contributed by atoms with van der Waals surface area (Å²) in [6, 6.07) is 9.55. The van der Waals surface area contributed by atoms with E-state index >= 15 is 0 Å². The fraction of sp³-hybridized carbons (Fsp3) is 0.684. The Morgan fingerprint density at radius 2 is 1.67 bits per heavy atom. The van der Waals surface area contributed by atoms with Crippen LogP contribution in [0.25, 0.3) is 0 Å². The number of methoxy groups -OCH3 is 1. The second kappa shape index (κ2) is 7.31. The number of ether oxygens (including phenoxy) is 1. The van der Waals surface area contributed by atoms with Gasteiger partial charge in [-0.05, 0) is 68.8 Å². The number of hydrogen-bond acceptors (Lipinski definition) is 2. The summed E-state index contributed by atoms with van der Waals surface area (Å²) in [4.78, 5) is 2.80. The maximum atomic E-state index is 5.27. The molecule has 0 aromatic heterocycles. The topological polar surface area (TPSA) is 12.5 Å². The summed E-state index contributed by atoms with van der Waals surface area (Å²) in [6.45, 7) is 2.67. The Balaban J connectivity index is 1.65. The van der Waals surface area contributed by atoms with Crippen LogP contribution in [-0.4, -0.2) is 31.1 Å². The van der Waals surface area contributed by atoms with Crippen LogP contribution in [0.2, 0.25) is 0 Å². The van der Waals surface area contributed by atoms with Crippen molar-refractivity contribution in [2.45, 2.75) is 57.4 Å². The van der Waals surface area contributed by atoms with Gasteiger partial charge in [-0.15, -0.1) is 0 Å². The van der Waals surface area contributed by atoms with Crippen molar-refractivity contribution >= 4 is 0 Å². The number of nitrogens with zero attached hydrogens (tertiary/aromatic N) is 1. The second-order valence-corrected chi connectivity index (χ2v) is 6.76. The van der Waals surface area contributed by atoms with Crippen LogP contribution in [0.3, 0.4) is 0 Å². The van der Waals surface area contributed by atoms with Crippen LogP contribution in [0.4, 0.5) is 0 Å². The van der Waals surface area contributed by atoms with Crippen molar-refractivity contribution in [3.63, 3.8) is 0 Å². The van der Waals surface area contributed by atoms with Crippen LogP contribution in [0, 0.1) is 5.92 Å². The summed E-state index contributed by atoms with van der Waals surface area (Å²) in [5.41, 5.74) is 1.48. The van der Waals surface area contributed by atoms with E-state index in [2.05, 4.69) is 29.2 Å². The molecule has 116 valence electrons. The molecule has 3 rings (SSSR count). The van der Waals surface area contributed by atoms with Gasteiger partial charge in [-0.25, -0.2) is 0 Å². The van der Waals surface area contributed by atoms with Gasteiger partial charge in [0.05, 0.1) is 7.11 Å². The zero-order chi connectivity index (χ0) is 14.5. The lowest BCUT2D eigenvalue weighted by atomic mass is 9.79. The van der Waals surface area contributed by atoms with Gasteiger partial charge in [-0.3, -0.25) is 0 Å². The van der Waals surface area contributed by atoms with Crippen LogP contribution in [0.15, 0.2) is 24.3 Å². The van der Waals surface area contributed by atoms with Crippen molar-refractivity contribution in [2.75, 3.05) is 20.2 Å². The molecule has 2 nitrogen and oxygen atoms in total. The van der Waals surface area contributed by atoms with Gasteiger partial charge in [0.1, 0.15) is 5.75 Å². The van der Waals surface area contributed by atoms with Gasteiger partial charge in [0, 0.05) is 6.04 Å². The van der Waals surface area contributed by atoms with Crippen LogP contribution in [0.5, 0.6) is 5.75 Å². The molecule has 0 spiro atoms. The lowest BCUT2D eigenvalue weighted by Gasteiger charge is -2.42. The molecule has 1 aromatic rings. The van der Waals surface area contributed by atoms with Gasteiger partial charge < -0.3 is 9.64 Å². The third-order valence-corrected chi connectivity index (χ3v) is 5.39. The molecule has 1 aromatic carbocycles. The Morgan fingerprint density at radius 1 is 0.952 bits per heavy atom. The first-order valence-corrected chi connectivity index (χ1v) is 8.74. The van der Waals surface area contributed by atoms with E-state index in [1.165, 1.54) is 70.0 Å². The molecule has 0 bridgehead atoms. The highest BCUT2D eigenvalue weighted by atomic mass is 16.5. The molecular formula is C19H29NO. The minimum atomic E-state index is 0.834. The molecule has 0 amide bonds. The highest BCUT2D eigenvalue weighted by molar-refractivity contribution is 5.27. The maximum Gasteiger partial charge on any atom is 0.118 e. The van der Waals surface area contributed by atoms with Gasteiger partial charge in [0.2, 0.25) is 0 Å². The SMILES string of the molecule is COc1ccc(C[C@@H]2CCCC[C@H]2N2CCCCC2)cc1. The Bertz CT molecular complexity index is 422.